The molecule has 0 saturated carbocycles. The monoisotopic (exact) mass is 549 g/mol. The van der Waals surface area contributed by atoms with E-state index in [1.807, 2.05) is 19.1 Å². The molecule has 3 aromatic rings. The topological polar surface area (TPSA) is 114 Å². The van der Waals surface area contributed by atoms with E-state index < -0.39 is 29.4 Å². The Labute approximate surface area is 228 Å². The number of anilines is 2. The molecule has 1 heterocycles. The van der Waals surface area contributed by atoms with Crippen LogP contribution in [0.1, 0.15) is 11.1 Å². The number of benzene rings is 3. The second-order valence-corrected chi connectivity index (χ2v) is 9.43. The van der Waals surface area contributed by atoms with Gasteiger partial charge in [-0.15, -0.1) is 0 Å². The molecule has 0 atom stereocenters. The van der Waals surface area contributed by atoms with Crippen molar-refractivity contribution < 1.29 is 33.0 Å². The van der Waals surface area contributed by atoms with Gasteiger partial charge in [-0.1, -0.05) is 29.8 Å². The van der Waals surface area contributed by atoms with Gasteiger partial charge in [-0.05, 0) is 72.8 Å². The quantitative estimate of drug-likeness (QED) is 0.367. The summed E-state index contributed by atoms with van der Waals surface area (Å²) in [6.45, 7) is 1.19. The molecule has 1 aliphatic heterocycles. The normalized spacial score (nSPS) is 13.9. The van der Waals surface area contributed by atoms with Crippen molar-refractivity contribution in [3.05, 3.63) is 88.6 Å². The summed E-state index contributed by atoms with van der Waals surface area (Å²) in [5.41, 5.74) is 2.48. The first-order valence-corrected chi connectivity index (χ1v) is 12.5. The van der Waals surface area contributed by atoms with Crippen molar-refractivity contribution in [3.63, 3.8) is 0 Å². The van der Waals surface area contributed by atoms with Gasteiger partial charge in [0.2, 0.25) is 5.91 Å². The van der Waals surface area contributed by atoms with E-state index in [9.17, 15) is 23.6 Å². The lowest BCUT2D eigenvalue weighted by Gasteiger charge is -2.13. The lowest BCUT2D eigenvalue weighted by Crippen LogP contribution is -2.36. The molecule has 39 heavy (non-hydrogen) atoms. The first kappa shape index (κ1) is 27.4. The van der Waals surface area contributed by atoms with E-state index in [0.717, 1.165) is 16.5 Å². The maximum Gasteiger partial charge on any atom is 0.294 e. The molecule has 200 valence electrons. The van der Waals surface area contributed by atoms with Gasteiger partial charge in [-0.3, -0.25) is 24.1 Å². The predicted octanol–water partition coefficient (Wildman–Crippen LogP) is 4.84. The number of carbonyl (C=O) groups excluding carboxylic acids is 4. The average molecular weight is 550 g/mol. The van der Waals surface area contributed by atoms with E-state index in [1.165, 1.54) is 31.4 Å². The summed E-state index contributed by atoms with van der Waals surface area (Å²) >= 11 is 0.694. The Balaban J connectivity index is 1.37. The molecule has 1 saturated heterocycles. The van der Waals surface area contributed by atoms with Crippen molar-refractivity contribution in [2.24, 2.45) is 0 Å². The lowest BCUT2D eigenvalue weighted by molar-refractivity contribution is -0.127. The molecule has 0 aliphatic carbocycles. The number of amides is 4. The van der Waals surface area contributed by atoms with Gasteiger partial charge in [0.15, 0.2) is 18.1 Å². The first-order chi connectivity index (χ1) is 18.7. The second kappa shape index (κ2) is 12.3. The molecule has 0 bridgehead atoms. The molecule has 1 fully saturated rings. The van der Waals surface area contributed by atoms with E-state index in [0.29, 0.717) is 34.5 Å². The van der Waals surface area contributed by atoms with Gasteiger partial charge in [0.1, 0.15) is 12.4 Å². The molecular weight excluding hydrogens is 525 g/mol. The van der Waals surface area contributed by atoms with E-state index in [-0.39, 0.29) is 23.1 Å². The van der Waals surface area contributed by atoms with Gasteiger partial charge in [-0.25, -0.2) is 4.39 Å². The Kier molecular flexibility index (Phi) is 8.62. The van der Waals surface area contributed by atoms with Crippen molar-refractivity contribution in [3.8, 4) is 11.5 Å². The Morgan fingerprint density at radius 3 is 2.41 bits per heavy atom. The third-order valence-corrected chi connectivity index (χ3v) is 6.37. The van der Waals surface area contributed by atoms with Crippen LogP contribution in [0, 0.1) is 12.7 Å². The highest BCUT2D eigenvalue weighted by Crippen LogP contribution is 2.34. The smallest absolute Gasteiger partial charge is 0.294 e. The van der Waals surface area contributed by atoms with Gasteiger partial charge in [0.25, 0.3) is 17.1 Å². The minimum absolute atomic E-state index is 0.117. The number of nitrogens with one attached hydrogen (secondary N) is 2. The van der Waals surface area contributed by atoms with E-state index in [1.54, 1.807) is 30.3 Å². The van der Waals surface area contributed by atoms with Crippen LogP contribution in [0.15, 0.2) is 71.6 Å². The van der Waals surface area contributed by atoms with Crippen LogP contribution < -0.4 is 20.1 Å². The van der Waals surface area contributed by atoms with E-state index >= 15 is 0 Å². The number of carbonyl (C=O) groups is 4. The molecule has 9 nitrogen and oxygen atoms in total. The minimum atomic E-state index is -0.640. The lowest BCUT2D eigenvalue weighted by atomic mass is 10.2. The highest BCUT2D eigenvalue weighted by atomic mass is 32.2. The molecule has 0 aromatic heterocycles. The number of aryl methyl sites for hydroxylation is 1. The molecule has 3 aromatic carbocycles. The number of hydrogen-bond acceptors (Lipinski definition) is 7. The summed E-state index contributed by atoms with van der Waals surface area (Å²) in [5.74, 6) is -1.51. The molecule has 1 aliphatic rings. The Morgan fingerprint density at radius 2 is 1.69 bits per heavy atom. The fraction of sp³-hybridized carbons (Fsp3) is 0.143. The number of nitrogens with zero attached hydrogens (tertiary/aromatic N) is 1. The van der Waals surface area contributed by atoms with Gasteiger partial charge in [0.05, 0.1) is 12.0 Å². The maximum absolute atomic E-state index is 13.3. The van der Waals surface area contributed by atoms with Crippen molar-refractivity contribution in [1.29, 1.82) is 0 Å². The fourth-order valence-corrected chi connectivity index (χ4v) is 4.41. The summed E-state index contributed by atoms with van der Waals surface area (Å²) < 4.78 is 24.3. The number of hydrogen-bond donors (Lipinski definition) is 2. The molecule has 4 amide bonds. The zero-order valence-electron chi connectivity index (χ0n) is 21.0. The molecule has 0 spiro atoms. The molecule has 11 heteroatoms. The summed E-state index contributed by atoms with van der Waals surface area (Å²) in [5, 5.41) is 4.60. The highest BCUT2D eigenvalue weighted by molar-refractivity contribution is 8.18. The molecule has 4 rings (SSSR count). The van der Waals surface area contributed by atoms with Crippen molar-refractivity contribution in [2.45, 2.75) is 6.92 Å². The SMILES string of the molecule is COc1cc(/C=C2/SC(=O)N(CC(=O)Nc3cccc(F)c3)C2=O)ccc1OCC(=O)Nc1ccc(C)cc1. The van der Waals surface area contributed by atoms with Gasteiger partial charge < -0.3 is 20.1 Å². The Hall–Kier alpha value is -4.64. The number of halogens is 1. The third kappa shape index (κ3) is 7.23. The van der Waals surface area contributed by atoms with Crippen LogP contribution in [0.4, 0.5) is 20.6 Å². The maximum atomic E-state index is 13.3. The molecule has 0 radical (unpaired) electrons. The third-order valence-electron chi connectivity index (χ3n) is 5.46. The first-order valence-electron chi connectivity index (χ1n) is 11.7. The van der Waals surface area contributed by atoms with Gasteiger partial charge in [-0.2, -0.15) is 0 Å². The highest BCUT2D eigenvalue weighted by Gasteiger charge is 2.36. The van der Waals surface area contributed by atoms with E-state index in [4.69, 9.17) is 9.47 Å². The average Bonchev–Trinajstić information content (AvgIpc) is 3.16. The minimum Gasteiger partial charge on any atom is -0.493 e. The van der Waals surface area contributed by atoms with Crippen LogP contribution >= 0.6 is 11.8 Å². The summed E-state index contributed by atoms with van der Waals surface area (Å²) in [6.07, 6.45) is 1.49. The molecule has 2 N–H and O–H groups in total. The van der Waals surface area contributed by atoms with Crippen molar-refractivity contribution in [1.82, 2.24) is 4.90 Å². The second-order valence-electron chi connectivity index (χ2n) is 8.44. The number of rotatable bonds is 9. The standard InChI is InChI=1S/C28H24FN3O6S/c1-17-6-9-20(10-7-17)30-26(34)16-38-22-11-8-18(12-23(22)37-2)13-24-27(35)32(28(36)39-24)15-25(33)31-21-5-3-4-19(29)14-21/h3-14H,15-16H2,1-2H3,(H,30,34)(H,31,33)/b24-13+. The van der Waals surface area contributed by atoms with Crippen LogP contribution in [0.25, 0.3) is 6.08 Å². The fourth-order valence-electron chi connectivity index (χ4n) is 3.57. The van der Waals surface area contributed by atoms with Gasteiger partial charge in [0, 0.05) is 11.4 Å². The van der Waals surface area contributed by atoms with Crippen LogP contribution in [0.2, 0.25) is 0 Å². The number of imide groups is 1. The number of ether oxygens (including phenoxy) is 2. The number of methoxy groups -OCH3 is 1. The van der Waals surface area contributed by atoms with Gasteiger partial charge >= 0.3 is 0 Å². The van der Waals surface area contributed by atoms with Crippen LogP contribution in [0.5, 0.6) is 11.5 Å². The van der Waals surface area contributed by atoms with Crippen molar-refractivity contribution >= 4 is 52.2 Å². The Morgan fingerprint density at radius 1 is 0.949 bits per heavy atom. The van der Waals surface area contributed by atoms with Crippen LogP contribution in [0.3, 0.4) is 0 Å². The predicted molar refractivity (Wildman–Crippen MR) is 146 cm³/mol. The number of thioether (sulfide) groups is 1. The summed E-state index contributed by atoms with van der Waals surface area (Å²) in [4.78, 5) is 50.7. The zero-order chi connectivity index (χ0) is 27.9. The largest absolute Gasteiger partial charge is 0.493 e. The van der Waals surface area contributed by atoms with Crippen LogP contribution in [-0.4, -0.2) is 48.1 Å². The summed E-state index contributed by atoms with van der Waals surface area (Å²) in [6, 6.07) is 17.4. The van der Waals surface area contributed by atoms with E-state index in [2.05, 4.69) is 10.6 Å². The van der Waals surface area contributed by atoms with Crippen molar-refractivity contribution in [2.75, 3.05) is 30.9 Å². The molecule has 0 unspecified atom stereocenters. The zero-order valence-corrected chi connectivity index (χ0v) is 21.8. The summed E-state index contributed by atoms with van der Waals surface area (Å²) in [7, 11) is 1.43. The van der Waals surface area contributed by atoms with Crippen LogP contribution in [-0.2, 0) is 14.4 Å². The Bertz CT molecular complexity index is 1460. The molecular formula is C28H24FN3O6S.